The van der Waals surface area contributed by atoms with Crippen LogP contribution >= 0.6 is 0 Å². The summed E-state index contributed by atoms with van der Waals surface area (Å²) in [6, 6.07) is 0. The van der Waals surface area contributed by atoms with E-state index >= 15 is 0 Å². The van der Waals surface area contributed by atoms with E-state index in [2.05, 4.69) is 48.5 Å². The second-order valence-corrected chi connectivity index (χ2v) is 6.42. The molecule has 0 heteroatoms. The summed E-state index contributed by atoms with van der Waals surface area (Å²) in [5, 5.41) is 0. The standard InChI is InChI=1S/C15H32/c1-8-13(5)11-14(10-12(3)4)15(6,7)9-2/h12-14H,8-11H2,1-7H3. The summed E-state index contributed by atoms with van der Waals surface area (Å²) < 4.78 is 0. The van der Waals surface area contributed by atoms with E-state index in [9.17, 15) is 0 Å². The zero-order chi connectivity index (χ0) is 12.1. The van der Waals surface area contributed by atoms with Crippen molar-refractivity contribution in [1.82, 2.24) is 0 Å². The van der Waals surface area contributed by atoms with Gasteiger partial charge in [-0.3, -0.25) is 0 Å². The molecule has 92 valence electrons. The molecule has 0 N–H and O–H groups in total. The third kappa shape index (κ3) is 5.58. The maximum Gasteiger partial charge on any atom is -0.0328 e. The van der Waals surface area contributed by atoms with Gasteiger partial charge in [-0.05, 0) is 36.0 Å². The Bertz CT molecular complexity index is 155. The first-order valence-corrected chi connectivity index (χ1v) is 6.83. The van der Waals surface area contributed by atoms with Crippen LogP contribution in [0.3, 0.4) is 0 Å². The maximum atomic E-state index is 2.45. The van der Waals surface area contributed by atoms with Gasteiger partial charge >= 0.3 is 0 Å². The fourth-order valence-corrected chi connectivity index (χ4v) is 2.24. The summed E-state index contributed by atoms with van der Waals surface area (Å²) in [6.45, 7) is 16.7. The Balaban J connectivity index is 4.43. The van der Waals surface area contributed by atoms with Crippen LogP contribution in [0.2, 0.25) is 0 Å². The van der Waals surface area contributed by atoms with Crippen molar-refractivity contribution in [2.45, 2.75) is 74.1 Å². The highest BCUT2D eigenvalue weighted by molar-refractivity contribution is 4.79. The predicted octanol–water partition coefficient (Wildman–Crippen LogP) is 5.52. The molecule has 0 bridgehead atoms. The first-order valence-electron chi connectivity index (χ1n) is 6.83. The summed E-state index contributed by atoms with van der Waals surface area (Å²) >= 11 is 0. The highest BCUT2D eigenvalue weighted by Gasteiger charge is 2.28. The Morgan fingerprint density at radius 3 is 1.80 bits per heavy atom. The molecule has 0 heterocycles. The molecule has 0 aromatic carbocycles. The lowest BCUT2D eigenvalue weighted by Crippen LogP contribution is -2.26. The van der Waals surface area contributed by atoms with Crippen molar-refractivity contribution >= 4 is 0 Å². The van der Waals surface area contributed by atoms with Gasteiger partial charge in [0.1, 0.15) is 0 Å². The van der Waals surface area contributed by atoms with Gasteiger partial charge in [-0.15, -0.1) is 0 Å². The smallest absolute Gasteiger partial charge is 0.0328 e. The van der Waals surface area contributed by atoms with Crippen molar-refractivity contribution < 1.29 is 0 Å². The molecule has 0 aliphatic rings. The molecule has 0 nitrogen and oxygen atoms in total. The number of rotatable bonds is 7. The minimum atomic E-state index is 0.522. The van der Waals surface area contributed by atoms with Crippen LogP contribution in [-0.4, -0.2) is 0 Å². The fourth-order valence-electron chi connectivity index (χ4n) is 2.24. The molecule has 0 aromatic heterocycles. The van der Waals surface area contributed by atoms with Gasteiger partial charge in [-0.2, -0.15) is 0 Å². The van der Waals surface area contributed by atoms with Crippen molar-refractivity contribution in [2.24, 2.45) is 23.2 Å². The lowest BCUT2D eigenvalue weighted by molar-refractivity contribution is 0.143. The van der Waals surface area contributed by atoms with Gasteiger partial charge in [0, 0.05) is 0 Å². The van der Waals surface area contributed by atoms with Crippen LogP contribution in [0.4, 0.5) is 0 Å². The lowest BCUT2D eigenvalue weighted by atomic mass is 9.69. The molecule has 0 fully saturated rings. The number of hydrogen-bond acceptors (Lipinski definition) is 0. The van der Waals surface area contributed by atoms with E-state index in [-0.39, 0.29) is 0 Å². The van der Waals surface area contributed by atoms with Crippen molar-refractivity contribution in [3.05, 3.63) is 0 Å². The molecule has 0 rings (SSSR count). The molecule has 0 radical (unpaired) electrons. The van der Waals surface area contributed by atoms with Gasteiger partial charge in [0.05, 0.1) is 0 Å². The third-order valence-corrected chi connectivity index (χ3v) is 4.16. The van der Waals surface area contributed by atoms with Crippen LogP contribution in [0.25, 0.3) is 0 Å². The maximum absolute atomic E-state index is 2.45. The van der Waals surface area contributed by atoms with Crippen LogP contribution in [0.15, 0.2) is 0 Å². The largest absolute Gasteiger partial charge is 0.0651 e. The van der Waals surface area contributed by atoms with Crippen LogP contribution in [0.5, 0.6) is 0 Å². The second-order valence-electron chi connectivity index (χ2n) is 6.42. The fraction of sp³-hybridized carbons (Fsp3) is 1.00. The zero-order valence-corrected chi connectivity index (χ0v) is 12.1. The van der Waals surface area contributed by atoms with Crippen LogP contribution < -0.4 is 0 Å². The van der Waals surface area contributed by atoms with E-state index < -0.39 is 0 Å². The summed E-state index contributed by atoms with van der Waals surface area (Å²) in [7, 11) is 0. The van der Waals surface area contributed by atoms with E-state index in [0.717, 1.165) is 17.8 Å². The Hall–Kier alpha value is 0. The van der Waals surface area contributed by atoms with Gasteiger partial charge in [0.2, 0.25) is 0 Å². The monoisotopic (exact) mass is 212 g/mol. The highest BCUT2D eigenvalue weighted by Crippen LogP contribution is 2.39. The Labute approximate surface area is 97.8 Å². The molecule has 2 unspecified atom stereocenters. The van der Waals surface area contributed by atoms with Crippen LogP contribution in [-0.2, 0) is 0 Å². The Kier molecular flexibility index (Phi) is 6.55. The zero-order valence-electron chi connectivity index (χ0n) is 12.1. The molecular weight excluding hydrogens is 180 g/mol. The minimum absolute atomic E-state index is 0.522. The lowest BCUT2D eigenvalue weighted by Gasteiger charge is -2.36. The molecule has 0 spiro atoms. The summed E-state index contributed by atoms with van der Waals surface area (Å²) in [4.78, 5) is 0. The molecule has 0 aromatic rings. The van der Waals surface area contributed by atoms with Gasteiger partial charge in [-0.1, -0.05) is 61.3 Å². The summed E-state index contributed by atoms with van der Waals surface area (Å²) in [5.74, 6) is 2.63. The van der Waals surface area contributed by atoms with Crippen LogP contribution in [0, 0.1) is 23.2 Å². The molecule has 0 aliphatic heterocycles. The molecular formula is C15H32. The average Bonchev–Trinajstić information content (AvgIpc) is 2.15. The van der Waals surface area contributed by atoms with Gasteiger partial charge in [0.25, 0.3) is 0 Å². The SMILES string of the molecule is CCC(C)CC(CC(C)C)C(C)(C)CC. The normalized spacial score (nSPS) is 16.8. The Morgan fingerprint density at radius 2 is 1.47 bits per heavy atom. The third-order valence-electron chi connectivity index (χ3n) is 4.16. The average molecular weight is 212 g/mol. The molecule has 2 atom stereocenters. The van der Waals surface area contributed by atoms with Crippen molar-refractivity contribution in [1.29, 1.82) is 0 Å². The van der Waals surface area contributed by atoms with Crippen LogP contribution in [0.1, 0.15) is 74.1 Å². The summed E-state index contributed by atoms with van der Waals surface area (Å²) in [6.07, 6.45) is 5.44. The van der Waals surface area contributed by atoms with E-state index in [4.69, 9.17) is 0 Å². The molecule has 0 saturated heterocycles. The predicted molar refractivity (Wildman–Crippen MR) is 71.1 cm³/mol. The van der Waals surface area contributed by atoms with E-state index in [1.54, 1.807) is 0 Å². The van der Waals surface area contributed by atoms with Crippen molar-refractivity contribution in [2.75, 3.05) is 0 Å². The van der Waals surface area contributed by atoms with Gasteiger partial charge in [0.15, 0.2) is 0 Å². The first-order chi connectivity index (χ1) is 6.83. The minimum Gasteiger partial charge on any atom is -0.0651 e. The summed E-state index contributed by atoms with van der Waals surface area (Å²) in [5.41, 5.74) is 0.522. The molecule has 0 aliphatic carbocycles. The highest BCUT2D eigenvalue weighted by atomic mass is 14.3. The first kappa shape index (κ1) is 15.0. The van der Waals surface area contributed by atoms with E-state index in [1.165, 1.54) is 25.7 Å². The van der Waals surface area contributed by atoms with Crippen molar-refractivity contribution in [3.63, 3.8) is 0 Å². The quantitative estimate of drug-likeness (QED) is 0.521. The molecule has 15 heavy (non-hydrogen) atoms. The topological polar surface area (TPSA) is 0 Å². The van der Waals surface area contributed by atoms with E-state index in [0.29, 0.717) is 5.41 Å². The van der Waals surface area contributed by atoms with Gasteiger partial charge in [-0.25, -0.2) is 0 Å². The second kappa shape index (κ2) is 6.55. The molecule has 0 amide bonds. The van der Waals surface area contributed by atoms with Crippen molar-refractivity contribution in [3.8, 4) is 0 Å². The Morgan fingerprint density at radius 1 is 0.933 bits per heavy atom. The van der Waals surface area contributed by atoms with E-state index in [1.807, 2.05) is 0 Å². The molecule has 0 saturated carbocycles. The van der Waals surface area contributed by atoms with Gasteiger partial charge < -0.3 is 0 Å². The number of hydrogen-bond donors (Lipinski definition) is 0.